The lowest BCUT2D eigenvalue weighted by molar-refractivity contribution is 0.0959. The Morgan fingerprint density at radius 2 is 2.09 bits per heavy atom. The first-order valence-electron chi connectivity index (χ1n) is 7.49. The molecular weight excluding hydrogens is 286 g/mol. The molecule has 1 aliphatic rings. The van der Waals surface area contributed by atoms with Gasteiger partial charge in [0.15, 0.2) is 5.82 Å². The second kappa shape index (κ2) is 7.15. The number of carbonyl (C=O) groups is 2. The number of amides is 3. The Hall–Kier alpha value is -2.25. The standard InChI is InChI=1S/C14H23N5O3/c1-4-22-14(21)19-7-5-11(6-8-19)15-13(20)16-12-9-10(2)18(3)17-12/h9,11H,4-8H2,1-3H3,(H2,15,16,17,20). The zero-order valence-electron chi connectivity index (χ0n) is 13.3. The smallest absolute Gasteiger partial charge is 0.409 e. The molecule has 0 bridgehead atoms. The molecule has 0 spiro atoms. The van der Waals surface area contributed by atoms with Crippen LogP contribution in [0.25, 0.3) is 0 Å². The average Bonchev–Trinajstić information content (AvgIpc) is 2.78. The van der Waals surface area contributed by atoms with Crippen LogP contribution in [0.15, 0.2) is 6.07 Å². The van der Waals surface area contributed by atoms with E-state index in [-0.39, 0.29) is 18.2 Å². The van der Waals surface area contributed by atoms with Crippen molar-refractivity contribution in [1.29, 1.82) is 0 Å². The third-order valence-electron chi connectivity index (χ3n) is 3.71. The Labute approximate surface area is 129 Å². The van der Waals surface area contributed by atoms with E-state index in [0.29, 0.717) is 38.4 Å². The van der Waals surface area contributed by atoms with Crippen molar-refractivity contribution in [2.24, 2.45) is 7.05 Å². The molecule has 1 aliphatic heterocycles. The molecule has 0 saturated carbocycles. The Bertz CT molecular complexity index is 515. The summed E-state index contributed by atoms with van der Waals surface area (Å²) in [5.74, 6) is 0.529. The van der Waals surface area contributed by atoms with Crippen molar-refractivity contribution in [2.45, 2.75) is 32.7 Å². The molecule has 0 unspecified atom stereocenters. The molecule has 3 amide bonds. The van der Waals surface area contributed by atoms with E-state index in [9.17, 15) is 9.59 Å². The number of ether oxygens (including phenoxy) is 1. The van der Waals surface area contributed by atoms with E-state index >= 15 is 0 Å². The molecule has 1 aromatic heterocycles. The Kier molecular flexibility index (Phi) is 5.24. The summed E-state index contributed by atoms with van der Waals surface area (Å²) < 4.78 is 6.67. The highest BCUT2D eigenvalue weighted by Gasteiger charge is 2.24. The van der Waals surface area contributed by atoms with Crippen molar-refractivity contribution in [3.63, 3.8) is 0 Å². The molecule has 122 valence electrons. The van der Waals surface area contributed by atoms with Crippen molar-refractivity contribution in [1.82, 2.24) is 20.0 Å². The van der Waals surface area contributed by atoms with Gasteiger partial charge in [-0.15, -0.1) is 0 Å². The molecule has 2 rings (SSSR count). The minimum Gasteiger partial charge on any atom is -0.450 e. The fraction of sp³-hybridized carbons (Fsp3) is 0.643. The molecule has 0 aromatic carbocycles. The molecule has 8 nitrogen and oxygen atoms in total. The molecular formula is C14H23N5O3. The second-order valence-electron chi connectivity index (χ2n) is 5.35. The molecule has 2 heterocycles. The van der Waals surface area contributed by atoms with Gasteiger partial charge in [-0.05, 0) is 26.7 Å². The summed E-state index contributed by atoms with van der Waals surface area (Å²) in [5.41, 5.74) is 0.970. The largest absolute Gasteiger partial charge is 0.450 e. The number of likely N-dealkylation sites (tertiary alicyclic amines) is 1. The molecule has 0 radical (unpaired) electrons. The summed E-state index contributed by atoms with van der Waals surface area (Å²) >= 11 is 0. The Balaban J connectivity index is 1.76. The van der Waals surface area contributed by atoms with Crippen molar-refractivity contribution in [2.75, 3.05) is 25.0 Å². The fourth-order valence-corrected chi connectivity index (χ4v) is 2.38. The third-order valence-corrected chi connectivity index (χ3v) is 3.71. The number of hydrogen-bond acceptors (Lipinski definition) is 4. The maximum absolute atomic E-state index is 11.9. The predicted molar refractivity (Wildman–Crippen MR) is 81.7 cm³/mol. The molecule has 0 atom stereocenters. The molecule has 1 aromatic rings. The van der Waals surface area contributed by atoms with Crippen LogP contribution in [0, 0.1) is 6.92 Å². The number of urea groups is 1. The van der Waals surface area contributed by atoms with Crippen LogP contribution in [-0.2, 0) is 11.8 Å². The number of nitrogens with zero attached hydrogens (tertiary/aromatic N) is 3. The maximum Gasteiger partial charge on any atom is 0.409 e. The molecule has 2 N–H and O–H groups in total. The number of carbonyl (C=O) groups excluding carboxylic acids is 2. The number of rotatable bonds is 3. The topological polar surface area (TPSA) is 88.5 Å². The van der Waals surface area contributed by atoms with Crippen molar-refractivity contribution >= 4 is 17.9 Å². The van der Waals surface area contributed by atoms with Crippen molar-refractivity contribution < 1.29 is 14.3 Å². The van der Waals surface area contributed by atoms with Gasteiger partial charge >= 0.3 is 12.1 Å². The summed E-state index contributed by atoms with van der Waals surface area (Å²) in [6, 6.07) is 1.59. The van der Waals surface area contributed by atoms with Gasteiger partial charge in [0.05, 0.1) is 6.61 Å². The highest BCUT2D eigenvalue weighted by Crippen LogP contribution is 2.12. The fourth-order valence-electron chi connectivity index (χ4n) is 2.38. The quantitative estimate of drug-likeness (QED) is 0.885. The first-order chi connectivity index (χ1) is 10.5. The lowest BCUT2D eigenvalue weighted by atomic mass is 10.1. The van der Waals surface area contributed by atoms with Crippen LogP contribution in [-0.4, -0.2) is 52.5 Å². The van der Waals surface area contributed by atoms with E-state index < -0.39 is 0 Å². The lowest BCUT2D eigenvalue weighted by Gasteiger charge is -2.31. The van der Waals surface area contributed by atoms with Gasteiger partial charge in [0.25, 0.3) is 0 Å². The number of aryl methyl sites for hydroxylation is 2. The van der Waals surface area contributed by atoms with Gasteiger partial charge in [-0.1, -0.05) is 0 Å². The van der Waals surface area contributed by atoms with Gasteiger partial charge in [0, 0.05) is 37.9 Å². The van der Waals surface area contributed by atoms with Gasteiger partial charge in [0.1, 0.15) is 0 Å². The summed E-state index contributed by atoms with van der Waals surface area (Å²) in [6.07, 6.45) is 1.15. The lowest BCUT2D eigenvalue weighted by Crippen LogP contribution is -2.47. The average molecular weight is 309 g/mol. The number of aromatic nitrogens is 2. The Morgan fingerprint density at radius 1 is 1.41 bits per heavy atom. The third kappa shape index (κ3) is 4.12. The summed E-state index contributed by atoms with van der Waals surface area (Å²) in [7, 11) is 1.82. The van der Waals surface area contributed by atoms with Gasteiger partial charge in [0.2, 0.25) is 0 Å². The van der Waals surface area contributed by atoms with E-state index in [1.807, 2.05) is 20.0 Å². The van der Waals surface area contributed by atoms with Gasteiger partial charge in [-0.3, -0.25) is 10.00 Å². The van der Waals surface area contributed by atoms with Crippen LogP contribution in [0.5, 0.6) is 0 Å². The van der Waals surface area contributed by atoms with Crippen LogP contribution in [0.4, 0.5) is 15.4 Å². The highest BCUT2D eigenvalue weighted by atomic mass is 16.6. The monoisotopic (exact) mass is 309 g/mol. The van der Waals surface area contributed by atoms with Crippen LogP contribution in [0.1, 0.15) is 25.5 Å². The molecule has 8 heteroatoms. The predicted octanol–water partition coefficient (Wildman–Crippen LogP) is 1.47. The zero-order chi connectivity index (χ0) is 16.1. The van der Waals surface area contributed by atoms with E-state index in [4.69, 9.17) is 4.74 Å². The number of hydrogen-bond donors (Lipinski definition) is 2. The zero-order valence-corrected chi connectivity index (χ0v) is 13.3. The molecule has 1 fully saturated rings. The number of nitrogens with one attached hydrogen (secondary N) is 2. The van der Waals surface area contributed by atoms with Gasteiger partial charge in [-0.25, -0.2) is 9.59 Å². The highest BCUT2D eigenvalue weighted by molar-refractivity contribution is 5.88. The summed E-state index contributed by atoms with van der Waals surface area (Å²) in [4.78, 5) is 25.2. The maximum atomic E-state index is 11.9. The molecule has 1 saturated heterocycles. The number of piperidine rings is 1. The molecule has 0 aliphatic carbocycles. The van der Waals surface area contributed by atoms with E-state index in [1.54, 1.807) is 16.5 Å². The van der Waals surface area contributed by atoms with Gasteiger partial charge in [-0.2, -0.15) is 5.10 Å². The minimum absolute atomic E-state index is 0.0514. The number of anilines is 1. The van der Waals surface area contributed by atoms with Crippen molar-refractivity contribution in [3.8, 4) is 0 Å². The van der Waals surface area contributed by atoms with Crippen molar-refractivity contribution in [3.05, 3.63) is 11.8 Å². The summed E-state index contributed by atoms with van der Waals surface area (Å²) in [6.45, 7) is 5.26. The van der Waals surface area contributed by atoms with Crippen LogP contribution in [0.3, 0.4) is 0 Å². The first kappa shape index (κ1) is 16.1. The van der Waals surface area contributed by atoms with Crippen LogP contribution in [0.2, 0.25) is 0 Å². The second-order valence-corrected chi connectivity index (χ2v) is 5.35. The van der Waals surface area contributed by atoms with Crippen LogP contribution >= 0.6 is 0 Å². The minimum atomic E-state index is -0.283. The Morgan fingerprint density at radius 3 is 2.64 bits per heavy atom. The summed E-state index contributed by atoms with van der Waals surface area (Å²) in [5, 5.41) is 9.80. The SMILES string of the molecule is CCOC(=O)N1CCC(NC(=O)Nc2cc(C)n(C)n2)CC1. The van der Waals surface area contributed by atoms with E-state index in [1.165, 1.54) is 0 Å². The van der Waals surface area contributed by atoms with E-state index in [2.05, 4.69) is 15.7 Å². The van der Waals surface area contributed by atoms with Crippen LogP contribution < -0.4 is 10.6 Å². The molecule has 22 heavy (non-hydrogen) atoms. The van der Waals surface area contributed by atoms with E-state index in [0.717, 1.165) is 5.69 Å². The first-order valence-corrected chi connectivity index (χ1v) is 7.49. The normalized spacial score (nSPS) is 15.5. The van der Waals surface area contributed by atoms with Gasteiger partial charge < -0.3 is 15.0 Å².